The van der Waals surface area contributed by atoms with Gasteiger partial charge in [-0.25, -0.2) is 19.7 Å². The third-order valence-electron chi connectivity index (χ3n) is 4.43. The minimum Gasteiger partial charge on any atom is -0.496 e. The van der Waals surface area contributed by atoms with Crippen molar-refractivity contribution in [3.05, 3.63) is 36.2 Å². The van der Waals surface area contributed by atoms with Gasteiger partial charge in [0.05, 0.1) is 7.11 Å². The van der Waals surface area contributed by atoms with Crippen molar-refractivity contribution in [2.24, 2.45) is 0 Å². The lowest BCUT2D eigenvalue weighted by Gasteiger charge is -2.18. The van der Waals surface area contributed by atoms with Gasteiger partial charge in [-0.3, -0.25) is 4.79 Å². The molecule has 2 aromatic rings. The van der Waals surface area contributed by atoms with Crippen LogP contribution in [0.1, 0.15) is 25.8 Å². The highest BCUT2D eigenvalue weighted by Gasteiger charge is 2.47. The number of aromatic nitrogens is 2. The second-order valence-electron chi connectivity index (χ2n) is 6.20. The molecule has 8 heteroatoms. The Kier molecular flexibility index (Phi) is 4.50. The van der Waals surface area contributed by atoms with E-state index in [4.69, 9.17) is 9.47 Å². The molecule has 3 rings (SSSR count). The van der Waals surface area contributed by atoms with Gasteiger partial charge in [0.25, 0.3) is 5.91 Å². The molecule has 1 aromatic carbocycles. The van der Waals surface area contributed by atoms with E-state index in [1.165, 1.54) is 12.4 Å². The standard InChI is InChI=1S/C18H20N4O4/c1-5-18(3)16(23)22(17(24)21-18)14-9-15(20-10-19-14)26-12-7-6-11(2)13(8-12)25-4/h6-10H,5H2,1-4H3,(H,21,24)/t18-/m0/s1. The summed E-state index contributed by atoms with van der Waals surface area (Å²) in [6.07, 6.45) is 1.73. The highest BCUT2D eigenvalue weighted by molar-refractivity contribution is 6.22. The number of rotatable bonds is 5. The first kappa shape index (κ1) is 17.7. The van der Waals surface area contributed by atoms with E-state index in [0.29, 0.717) is 17.9 Å². The molecule has 1 saturated heterocycles. The van der Waals surface area contributed by atoms with E-state index in [-0.39, 0.29) is 17.6 Å². The Labute approximate surface area is 151 Å². The van der Waals surface area contributed by atoms with Crippen LogP contribution in [0.3, 0.4) is 0 Å². The minimum atomic E-state index is -0.937. The molecule has 1 aliphatic heterocycles. The summed E-state index contributed by atoms with van der Waals surface area (Å²) in [4.78, 5) is 33.9. The van der Waals surface area contributed by atoms with Crippen molar-refractivity contribution in [2.45, 2.75) is 32.7 Å². The molecule has 0 saturated carbocycles. The SMILES string of the molecule is CC[C@]1(C)NC(=O)N(c2cc(Oc3ccc(C)c(OC)c3)ncn2)C1=O. The largest absolute Gasteiger partial charge is 0.496 e. The maximum atomic E-state index is 12.6. The van der Waals surface area contributed by atoms with Gasteiger partial charge in [-0.1, -0.05) is 13.0 Å². The molecule has 0 unspecified atom stereocenters. The first-order chi connectivity index (χ1) is 12.4. The number of carbonyl (C=O) groups is 2. The molecule has 8 nitrogen and oxygen atoms in total. The van der Waals surface area contributed by atoms with Crippen molar-refractivity contribution in [1.82, 2.24) is 15.3 Å². The molecule has 0 bridgehead atoms. The zero-order valence-corrected chi connectivity index (χ0v) is 15.1. The molecular formula is C18H20N4O4. The van der Waals surface area contributed by atoms with Gasteiger partial charge in [-0.15, -0.1) is 0 Å². The average molecular weight is 356 g/mol. The lowest BCUT2D eigenvalue weighted by molar-refractivity contribution is -0.121. The summed E-state index contributed by atoms with van der Waals surface area (Å²) in [6, 6.07) is 6.31. The van der Waals surface area contributed by atoms with E-state index in [1.54, 1.807) is 26.2 Å². The van der Waals surface area contributed by atoms with Gasteiger partial charge in [0.2, 0.25) is 5.88 Å². The van der Waals surface area contributed by atoms with Crippen LogP contribution in [0.15, 0.2) is 30.6 Å². The molecule has 26 heavy (non-hydrogen) atoms. The Morgan fingerprint density at radius 2 is 2.00 bits per heavy atom. The maximum Gasteiger partial charge on any atom is 0.330 e. The van der Waals surface area contributed by atoms with Crippen LogP contribution in [0, 0.1) is 6.92 Å². The second kappa shape index (κ2) is 6.62. The van der Waals surface area contributed by atoms with Crippen molar-refractivity contribution in [2.75, 3.05) is 12.0 Å². The van der Waals surface area contributed by atoms with Crippen LogP contribution >= 0.6 is 0 Å². The fourth-order valence-corrected chi connectivity index (χ4v) is 2.62. The van der Waals surface area contributed by atoms with Crippen molar-refractivity contribution in [3.8, 4) is 17.4 Å². The van der Waals surface area contributed by atoms with Crippen LogP contribution < -0.4 is 19.7 Å². The number of hydrogen-bond donors (Lipinski definition) is 1. The third kappa shape index (κ3) is 3.05. The summed E-state index contributed by atoms with van der Waals surface area (Å²) in [7, 11) is 1.58. The smallest absolute Gasteiger partial charge is 0.330 e. The number of amides is 3. The Morgan fingerprint density at radius 1 is 1.23 bits per heavy atom. The number of ether oxygens (including phenoxy) is 2. The fraction of sp³-hybridized carbons (Fsp3) is 0.333. The predicted octanol–water partition coefficient (Wildman–Crippen LogP) is 2.81. The molecular weight excluding hydrogens is 336 g/mol. The van der Waals surface area contributed by atoms with Gasteiger partial charge in [0.15, 0.2) is 5.82 Å². The van der Waals surface area contributed by atoms with Crippen LogP contribution in [0.25, 0.3) is 0 Å². The quantitative estimate of drug-likeness (QED) is 0.828. The Morgan fingerprint density at radius 3 is 2.65 bits per heavy atom. The molecule has 1 atom stereocenters. The van der Waals surface area contributed by atoms with Gasteiger partial charge in [0, 0.05) is 12.1 Å². The first-order valence-corrected chi connectivity index (χ1v) is 8.19. The van der Waals surface area contributed by atoms with Crippen molar-refractivity contribution < 1.29 is 19.1 Å². The van der Waals surface area contributed by atoms with Crippen molar-refractivity contribution >= 4 is 17.8 Å². The van der Waals surface area contributed by atoms with E-state index in [0.717, 1.165) is 10.5 Å². The number of anilines is 1. The topological polar surface area (TPSA) is 93.7 Å². The molecule has 0 radical (unpaired) electrons. The zero-order chi connectivity index (χ0) is 18.9. The molecule has 136 valence electrons. The number of imide groups is 1. The number of aryl methyl sites for hydroxylation is 1. The fourth-order valence-electron chi connectivity index (χ4n) is 2.62. The van der Waals surface area contributed by atoms with E-state index in [1.807, 2.05) is 19.9 Å². The lowest BCUT2D eigenvalue weighted by Crippen LogP contribution is -2.43. The Balaban J connectivity index is 1.87. The number of nitrogens with zero attached hydrogens (tertiary/aromatic N) is 3. The molecule has 2 heterocycles. The summed E-state index contributed by atoms with van der Waals surface area (Å²) in [5.41, 5.74) is 0.0364. The summed E-state index contributed by atoms with van der Waals surface area (Å²) in [5.74, 6) is 1.23. The molecule has 1 N–H and O–H groups in total. The van der Waals surface area contributed by atoms with Crippen LogP contribution in [-0.4, -0.2) is 34.6 Å². The molecule has 1 aliphatic rings. The Bertz CT molecular complexity index is 870. The number of hydrogen-bond acceptors (Lipinski definition) is 6. The number of benzene rings is 1. The number of carbonyl (C=O) groups excluding carboxylic acids is 2. The summed E-state index contributed by atoms with van der Waals surface area (Å²) >= 11 is 0. The van der Waals surface area contributed by atoms with Gasteiger partial charge in [-0.05, 0) is 31.9 Å². The number of methoxy groups -OCH3 is 1. The molecule has 3 amide bonds. The number of urea groups is 1. The Hall–Kier alpha value is -3.16. The van der Waals surface area contributed by atoms with Crippen LogP contribution in [0.2, 0.25) is 0 Å². The summed E-state index contributed by atoms with van der Waals surface area (Å²) in [6.45, 7) is 5.44. The van der Waals surface area contributed by atoms with Crippen molar-refractivity contribution in [1.29, 1.82) is 0 Å². The monoisotopic (exact) mass is 356 g/mol. The van der Waals surface area contributed by atoms with Gasteiger partial charge >= 0.3 is 6.03 Å². The zero-order valence-electron chi connectivity index (χ0n) is 15.1. The van der Waals surface area contributed by atoms with Crippen LogP contribution in [-0.2, 0) is 4.79 Å². The average Bonchev–Trinajstić information content (AvgIpc) is 2.86. The normalized spacial score (nSPS) is 19.5. The van der Waals surface area contributed by atoms with E-state index in [2.05, 4.69) is 15.3 Å². The highest BCUT2D eigenvalue weighted by atomic mass is 16.5. The minimum absolute atomic E-state index is 0.161. The highest BCUT2D eigenvalue weighted by Crippen LogP contribution is 2.30. The van der Waals surface area contributed by atoms with Gasteiger partial charge in [-0.2, -0.15) is 0 Å². The van der Waals surface area contributed by atoms with Crippen molar-refractivity contribution in [3.63, 3.8) is 0 Å². The molecule has 0 spiro atoms. The predicted molar refractivity (Wildman–Crippen MR) is 94.6 cm³/mol. The molecule has 1 aromatic heterocycles. The third-order valence-corrected chi connectivity index (χ3v) is 4.43. The summed E-state index contributed by atoms with van der Waals surface area (Å²) in [5, 5.41) is 2.69. The van der Waals surface area contributed by atoms with E-state index in [9.17, 15) is 9.59 Å². The molecule has 0 aliphatic carbocycles. The van der Waals surface area contributed by atoms with Gasteiger partial charge in [0.1, 0.15) is 23.4 Å². The summed E-state index contributed by atoms with van der Waals surface area (Å²) < 4.78 is 11.0. The molecule has 1 fully saturated rings. The van der Waals surface area contributed by atoms with Gasteiger partial charge < -0.3 is 14.8 Å². The number of nitrogens with one attached hydrogen (secondary N) is 1. The first-order valence-electron chi connectivity index (χ1n) is 8.19. The lowest BCUT2D eigenvalue weighted by atomic mass is 9.99. The second-order valence-corrected chi connectivity index (χ2v) is 6.20. The van der Waals surface area contributed by atoms with E-state index >= 15 is 0 Å². The van der Waals surface area contributed by atoms with E-state index < -0.39 is 11.6 Å². The van der Waals surface area contributed by atoms with Crippen LogP contribution in [0.4, 0.5) is 10.6 Å². The van der Waals surface area contributed by atoms with Crippen LogP contribution in [0.5, 0.6) is 17.4 Å². The maximum absolute atomic E-state index is 12.6.